The second-order valence-corrected chi connectivity index (χ2v) is 9.05. The van der Waals surface area contributed by atoms with Gasteiger partial charge in [0.05, 0.1) is 16.9 Å². The van der Waals surface area contributed by atoms with Gasteiger partial charge in [-0.05, 0) is 51.0 Å². The molecule has 2 N–H and O–H groups in total. The standard InChI is InChI=1S/C18H26N2O6S/c1-13(2)20(3)27(24,25)15-6-4-14(5-7-15)17(23)19-18(12-16(21)22)8-10-26-11-9-18/h4-7,13H,8-12H2,1-3H3,(H,19,23)(H,21,22). The normalized spacial score (nSPS) is 17.1. The van der Waals surface area contributed by atoms with Crippen LogP contribution in [0.4, 0.5) is 0 Å². The summed E-state index contributed by atoms with van der Waals surface area (Å²) in [6, 6.07) is 5.45. The fourth-order valence-electron chi connectivity index (χ4n) is 2.93. The summed E-state index contributed by atoms with van der Waals surface area (Å²) >= 11 is 0. The molecule has 150 valence electrons. The minimum absolute atomic E-state index is 0.0987. The van der Waals surface area contributed by atoms with Gasteiger partial charge in [0, 0.05) is 31.9 Å². The monoisotopic (exact) mass is 398 g/mol. The first-order valence-electron chi connectivity index (χ1n) is 8.77. The summed E-state index contributed by atoms with van der Waals surface area (Å²) in [5.74, 6) is -1.42. The molecule has 0 bridgehead atoms. The van der Waals surface area contributed by atoms with Gasteiger partial charge < -0.3 is 15.2 Å². The fourth-order valence-corrected chi connectivity index (χ4v) is 4.30. The second-order valence-electron chi connectivity index (χ2n) is 7.06. The second kappa shape index (κ2) is 8.37. The van der Waals surface area contributed by atoms with E-state index in [9.17, 15) is 23.1 Å². The van der Waals surface area contributed by atoms with Crippen LogP contribution in [0.1, 0.15) is 43.5 Å². The van der Waals surface area contributed by atoms with Crippen LogP contribution in [0.3, 0.4) is 0 Å². The number of nitrogens with one attached hydrogen (secondary N) is 1. The van der Waals surface area contributed by atoms with Gasteiger partial charge >= 0.3 is 5.97 Å². The number of rotatable bonds is 7. The van der Waals surface area contributed by atoms with E-state index >= 15 is 0 Å². The lowest BCUT2D eigenvalue weighted by molar-refractivity contribution is -0.139. The zero-order chi connectivity index (χ0) is 20.2. The Labute approximate surface area is 159 Å². The van der Waals surface area contributed by atoms with Crippen molar-refractivity contribution in [3.8, 4) is 0 Å². The largest absolute Gasteiger partial charge is 0.481 e. The number of carboxylic acids is 1. The highest BCUT2D eigenvalue weighted by atomic mass is 32.2. The highest BCUT2D eigenvalue weighted by molar-refractivity contribution is 7.89. The van der Waals surface area contributed by atoms with E-state index < -0.39 is 27.4 Å². The number of aliphatic carboxylic acids is 1. The zero-order valence-electron chi connectivity index (χ0n) is 15.8. The molecular formula is C18H26N2O6S. The Bertz CT molecular complexity index is 783. The maximum Gasteiger partial charge on any atom is 0.305 e. The van der Waals surface area contributed by atoms with E-state index in [0.717, 1.165) is 0 Å². The van der Waals surface area contributed by atoms with Crippen LogP contribution in [0.25, 0.3) is 0 Å². The Morgan fingerprint density at radius 1 is 1.22 bits per heavy atom. The molecule has 0 radical (unpaired) electrons. The van der Waals surface area contributed by atoms with Gasteiger partial charge in [0.25, 0.3) is 5.91 Å². The Balaban J connectivity index is 2.18. The Morgan fingerprint density at radius 2 is 1.78 bits per heavy atom. The Kier molecular flexibility index (Phi) is 6.61. The minimum Gasteiger partial charge on any atom is -0.481 e. The van der Waals surface area contributed by atoms with Crippen molar-refractivity contribution >= 4 is 21.9 Å². The van der Waals surface area contributed by atoms with Crippen LogP contribution in [-0.2, 0) is 19.6 Å². The van der Waals surface area contributed by atoms with E-state index in [-0.39, 0.29) is 22.9 Å². The Morgan fingerprint density at radius 3 is 2.26 bits per heavy atom. The van der Waals surface area contributed by atoms with Gasteiger partial charge in [0.1, 0.15) is 0 Å². The number of nitrogens with zero attached hydrogens (tertiary/aromatic N) is 1. The molecule has 1 fully saturated rings. The van der Waals surface area contributed by atoms with Gasteiger partial charge in [-0.2, -0.15) is 4.31 Å². The van der Waals surface area contributed by atoms with Crippen molar-refractivity contribution in [1.29, 1.82) is 0 Å². The number of benzene rings is 1. The number of hydrogen-bond acceptors (Lipinski definition) is 5. The molecule has 0 saturated carbocycles. The third-order valence-electron chi connectivity index (χ3n) is 4.84. The van der Waals surface area contributed by atoms with Crippen molar-refractivity contribution < 1.29 is 27.9 Å². The molecule has 1 aliphatic heterocycles. The van der Waals surface area contributed by atoms with Crippen LogP contribution in [0.15, 0.2) is 29.2 Å². The molecule has 2 rings (SSSR count). The number of ether oxygens (including phenoxy) is 1. The van der Waals surface area contributed by atoms with E-state index in [2.05, 4.69) is 5.32 Å². The van der Waals surface area contributed by atoms with Crippen molar-refractivity contribution in [1.82, 2.24) is 9.62 Å². The predicted molar refractivity (Wildman–Crippen MR) is 99.0 cm³/mol. The Hall–Kier alpha value is -1.97. The number of sulfonamides is 1. The number of carbonyl (C=O) groups is 2. The molecule has 27 heavy (non-hydrogen) atoms. The third kappa shape index (κ3) is 5.06. The summed E-state index contributed by atoms with van der Waals surface area (Å²) in [6.07, 6.45) is 0.640. The lowest BCUT2D eigenvalue weighted by Crippen LogP contribution is -2.53. The van der Waals surface area contributed by atoms with Crippen LogP contribution >= 0.6 is 0 Å². The van der Waals surface area contributed by atoms with Crippen molar-refractivity contribution in [2.75, 3.05) is 20.3 Å². The van der Waals surface area contributed by atoms with Crippen molar-refractivity contribution in [2.45, 2.75) is 49.6 Å². The zero-order valence-corrected chi connectivity index (χ0v) is 16.6. The topological polar surface area (TPSA) is 113 Å². The molecular weight excluding hydrogens is 372 g/mol. The third-order valence-corrected chi connectivity index (χ3v) is 6.89. The van der Waals surface area contributed by atoms with Crippen LogP contribution < -0.4 is 5.32 Å². The number of amides is 1. The lowest BCUT2D eigenvalue weighted by atomic mass is 9.86. The van der Waals surface area contributed by atoms with Crippen LogP contribution in [0.2, 0.25) is 0 Å². The molecule has 8 nitrogen and oxygen atoms in total. The van der Waals surface area contributed by atoms with Gasteiger partial charge in [-0.1, -0.05) is 0 Å². The first-order chi connectivity index (χ1) is 12.6. The van der Waals surface area contributed by atoms with Gasteiger partial charge in [-0.15, -0.1) is 0 Å². The molecule has 9 heteroatoms. The molecule has 0 atom stereocenters. The highest BCUT2D eigenvalue weighted by Crippen LogP contribution is 2.25. The molecule has 1 saturated heterocycles. The average Bonchev–Trinajstić information content (AvgIpc) is 2.61. The molecule has 0 aromatic heterocycles. The van der Waals surface area contributed by atoms with E-state index in [0.29, 0.717) is 26.1 Å². The van der Waals surface area contributed by atoms with Crippen molar-refractivity contribution in [2.24, 2.45) is 0 Å². The fraction of sp³-hybridized carbons (Fsp3) is 0.556. The molecule has 0 spiro atoms. The van der Waals surface area contributed by atoms with Crippen LogP contribution in [0.5, 0.6) is 0 Å². The summed E-state index contributed by atoms with van der Waals surface area (Å²) in [6.45, 7) is 4.31. The summed E-state index contributed by atoms with van der Waals surface area (Å²) in [7, 11) is -2.13. The first-order valence-corrected chi connectivity index (χ1v) is 10.2. The maximum atomic E-state index is 12.6. The summed E-state index contributed by atoms with van der Waals surface area (Å²) in [5, 5.41) is 12.0. The van der Waals surface area contributed by atoms with E-state index in [1.807, 2.05) is 0 Å². The summed E-state index contributed by atoms with van der Waals surface area (Å²) < 4.78 is 31.5. The van der Waals surface area contributed by atoms with Crippen molar-refractivity contribution in [3.05, 3.63) is 29.8 Å². The van der Waals surface area contributed by atoms with Gasteiger partial charge in [-0.25, -0.2) is 8.42 Å². The quantitative estimate of drug-likeness (QED) is 0.719. The number of carboxylic acid groups (broad SMARTS) is 1. The molecule has 1 aliphatic rings. The lowest BCUT2D eigenvalue weighted by Gasteiger charge is -2.36. The molecule has 1 amide bonds. The molecule has 0 unspecified atom stereocenters. The van der Waals surface area contributed by atoms with E-state index in [4.69, 9.17) is 4.74 Å². The molecule has 1 heterocycles. The summed E-state index contributed by atoms with van der Waals surface area (Å²) in [4.78, 5) is 23.9. The predicted octanol–water partition coefficient (Wildman–Crippen LogP) is 1.47. The minimum atomic E-state index is -3.63. The molecule has 1 aromatic carbocycles. The SMILES string of the molecule is CC(C)N(C)S(=O)(=O)c1ccc(C(=O)NC2(CC(=O)O)CCOCC2)cc1. The van der Waals surface area contributed by atoms with Gasteiger partial charge in [-0.3, -0.25) is 9.59 Å². The maximum absolute atomic E-state index is 12.6. The van der Waals surface area contributed by atoms with Crippen LogP contribution in [-0.4, -0.2) is 61.5 Å². The van der Waals surface area contributed by atoms with Gasteiger partial charge in [0.2, 0.25) is 10.0 Å². The smallest absolute Gasteiger partial charge is 0.305 e. The summed E-state index contributed by atoms with van der Waals surface area (Å²) in [5.41, 5.74) is -0.582. The van der Waals surface area contributed by atoms with Gasteiger partial charge in [0.15, 0.2) is 0 Å². The average molecular weight is 398 g/mol. The van der Waals surface area contributed by atoms with E-state index in [1.165, 1.54) is 35.6 Å². The van der Waals surface area contributed by atoms with Crippen LogP contribution in [0, 0.1) is 0 Å². The molecule has 0 aliphatic carbocycles. The molecule has 1 aromatic rings. The van der Waals surface area contributed by atoms with Crippen molar-refractivity contribution in [3.63, 3.8) is 0 Å². The number of hydrogen-bond donors (Lipinski definition) is 2. The first kappa shape index (κ1) is 21.3. The number of carbonyl (C=O) groups excluding carboxylic acids is 1. The highest BCUT2D eigenvalue weighted by Gasteiger charge is 2.36. The van der Waals surface area contributed by atoms with E-state index in [1.54, 1.807) is 13.8 Å².